The van der Waals surface area contributed by atoms with Gasteiger partial charge in [0.05, 0.1) is 3.79 Å². The summed E-state index contributed by atoms with van der Waals surface area (Å²) in [5.41, 5.74) is 0.956. The minimum absolute atomic E-state index is 0.0150. The smallest absolute Gasteiger partial charge is 0.206 e. The van der Waals surface area contributed by atoms with Crippen LogP contribution < -0.4 is 4.72 Å². The number of alkyl halides is 1. The highest BCUT2D eigenvalue weighted by Gasteiger charge is 2.30. The molecule has 2 rings (SSSR count). The van der Waals surface area contributed by atoms with Crippen molar-refractivity contribution in [2.24, 2.45) is 0 Å². The van der Waals surface area contributed by atoms with Crippen molar-refractivity contribution >= 4 is 53.2 Å². The SMILES string of the molecule is Cc1cc(S(=O)(=O)NC2CCCC2Br)sc1Br. The minimum Gasteiger partial charge on any atom is -0.206 e. The van der Waals surface area contributed by atoms with Gasteiger partial charge in [0.15, 0.2) is 0 Å². The van der Waals surface area contributed by atoms with E-state index >= 15 is 0 Å². The fourth-order valence-electron chi connectivity index (χ4n) is 1.87. The molecular weight excluding hydrogens is 390 g/mol. The summed E-state index contributed by atoms with van der Waals surface area (Å²) in [6, 6.07) is 1.72. The molecule has 1 fully saturated rings. The van der Waals surface area contributed by atoms with Gasteiger partial charge in [0.2, 0.25) is 10.0 Å². The van der Waals surface area contributed by atoms with E-state index in [4.69, 9.17) is 0 Å². The number of thiophene rings is 1. The molecule has 1 heterocycles. The topological polar surface area (TPSA) is 46.2 Å². The highest BCUT2D eigenvalue weighted by atomic mass is 79.9. The lowest BCUT2D eigenvalue weighted by Crippen LogP contribution is -2.37. The molecule has 0 aliphatic heterocycles. The largest absolute Gasteiger partial charge is 0.250 e. The molecule has 17 heavy (non-hydrogen) atoms. The highest BCUT2D eigenvalue weighted by molar-refractivity contribution is 9.11. The zero-order chi connectivity index (χ0) is 12.6. The van der Waals surface area contributed by atoms with Gasteiger partial charge in [-0.1, -0.05) is 22.4 Å². The summed E-state index contributed by atoms with van der Waals surface area (Å²) in [6.45, 7) is 1.89. The number of rotatable bonds is 3. The van der Waals surface area contributed by atoms with E-state index < -0.39 is 10.0 Å². The molecule has 0 aromatic carbocycles. The van der Waals surface area contributed by atoms with Crippen molar-refractivity contribution in [2.75, 3.05) is 0 Å². The molecule has 7 heteroatoms. The van der Waals surface area contributed by atoms with E-state index in [1.165, 1.54) is 11.3 Å². The van der Waals surface area contributed by atoms with Crippen molar-refractivity contribution in [3.8, 4) is 0 Å². The Morgan fingerprint density at radius 2 is 2.18 bits per heavy atom. The average Bonchev–Trinajstić information content (AvgIpc) is 2.76. The van der Waals surface area contributed by atoms with Crippen LogP contribution in [0.2, 0.25) is 0 Å². The van der Waals surface area contributed by atoms with Crippen molar-refractivity contribution in [1.29, 1.82) is 0 Å². The van der Waals surface area contributed by atoms with Crippen molar-refractivity contribution < 1.29 is 8.42 Å². The normalized spacial score (nSPS) is 25.4. The number of sulfonamides is 1. The van der Waals surface area contributed by atoms with E-state index in [1.54, 1.807) is 6.07 Å². The fraction of sp³-hybridized carbons (Fsp3) is 0.600. The number of hydrogen-bond acceptors (Lipinski definition) is 3. The standard InChI is InChI=1S/C10H13Br2NO2S2/c1-6-5-9(16-10(6)12)17(14,15)13-8-4-2-3-7(8)11/h5,7-8,13H,2-4H2,1H3. The van der Waals surface area contributed by atoms with Gasteiger partial charge >= 0.3 is 0 Å². The minimum atomic E-state index is -3.37. The summed E-state index contributed by atoms with van der Waals surface area (Å²) < 4.78 is 28.3. The van der Waals surface area contributed by atoms with E-state index in [1.807, 2.05) is 6.92 Å². The molecule has 1 aromatic rings. The van der Waals surface area contributed by atoms with Crippen molar-refractivity contribution in [3.63, 3.8) is 0 Å². The first-order valence-corrected chi connectivity index (χ1v) is 9.33. The third-order valence-corrected chi connectivity index (χ3v) is 8.03. The number of aryl methyl sites for hydroxylation is 1. The van der Waals surface area contributed by atoms with Crippen LogP contribution in [0, 0.1) is 6.92 Å². The zero-order valence-electron chi connectivity index (χ0n) is 9.24. The summed E-state index contributed by atoms with van der Waals surface area (Å²) in [5, 5.41) is 0. The van der Waals surface area contributed by atoms with Crippen LogP contribution >= 0.6 is 43.2 Å². The molecule has 1 saturated carbocycles. The second-order valence-electron chi connectivity index (χ2n) is 4.20. The van der Waals surface area contributed by atoms with Crippen LogP contribution in [0.25, 0.3) is 0 Å². The predicted molar refractivity (Wildman–Crippen MR) is 77.4 cm³/mol. The second-order valence-corrected chi connectivity index (χ2v) is 9.68. The monoisotopic (exact) mass is 401 g/mol. The first-order valence-electron chi connectivity index (χ1n) is 5.32. The maximum atomic E-state index is 12.2. The Hall–Kier alpha value is 0.570. The Morgan fingerprint density at radius 1 is 1.47 bits per heavy atom. The van der Waals surface area contributed by atoms with Gasteiger partial charge in [0.25, 0.3) is 0 Å². The quantitative estimate of drug-likeness (QED) is 0.787. The summed E-state index contributed by atoms with van der Waals surface area (Å²) in [6.07, 6.45) is 3.00. The van der Waals surface area contributed by atoms with E-state index in [0.29, 0.717) is 4.21 Å². The van der Waals surface area contributed by atoms with Gasteiger partial charge in [-0.3, -0.25) is 0 Å². The molecule has 3 nitrogen and oxygen atoms in total. The predicted octanol–water partition coefficient (Wildman–Crippen LogP) is 3.41. The Balaban J connectivity index is 2.19. The van der Waals surface area contributed by atoms with Gasteiger partial charge in [-0.2, -0.15) is 0 Å². The summed E-state index contributed by atoms with van der Waals surface area (Å²) in [5.74, 6) is 0. The molecule has 2 unspecified atom stereocenters. The van der Waals surface area contributed by atoms with E-state index in [0.717, 1.165) is 28.6 Å². The van der Waals surface area contributed by atoms with Crippen LogP contribution in [0.3, 0.4) is 0 Å². The molecule has 0 spiro atoms. The molecular formula is C10H13Br2NO2S2. The van der Waals surface area contributed by atoms with Crippen LogP contribution in [0.15, 0.2) is 14.1 Å². The maximum absolute atomic E-state index is 12.2. The Bertz CT molecular complexity index is 493. The van der Waals surface area contributed by atoms with Gasteiger partial charge in [-0.05, 0) is 47.3 Å². The molecule has 1 aliphatic carbocycles. The highest BCUT2D eigenvalue weighted by Crippen LogP contribution is 2.32. The van der Waals surface area contributed by atoms with Gasteiger partial charge < -0.3 is 0 Å². The first kappa shape index (κ1) is 14.0. The summed E-state index contributed by atoms with van der Waals surface area (Å²) in [7, 11) is -3.37. The van der Waals surface area contributed by atoms with Crippen molar-refractivity contribution in [2.45, 2.75) is 41.3 Å². The molecule has 1 N–H and O–H groups in total. The van der Waals surface area contributed by atoms with Crippen LogP contribution in [0.1, 0.15) is 24.8 Å². The Morgan fingerprint density at radius 3 is 2.65 bits per heavy atom. The van der Waals surface area contributed by atoms with Crippen LogP contribution in [0.5, 0.6) is 0 Å². The molecule has 96 valence electrons. The third kappa shape index (κ3) is 3.12. The van der Waals surface area contributed by atoms with E-state index in [9.17, 15) is 8.42 Å². The molecule has 0 radical (unpaired) electrons. The molecule has 1 aromatic heterocycles. The molecule has 2 atom stereocenters. The van der Waals surface area contributed by atoms with Crippen LogP contribution in [0.4, 0.5) is 0 Å². The number of nitrogens with one attached hydrogen (secondary N) is 1. The lowest BCUT2D eigenvalue weighted by atomic mass is 10.3. The average molecular weight is 403 g/mol. The molecule has 1 aliphatic rings. The second kappa shape index (κ2) is 5.28. The summed E-state index contributed by atoms with van der Waals surface area (Å²) in [4.78, 5) is 0.252. The van der Waals surface area contributed by atoms with Gasteiger partial charge in [-0.25, -0.2) is 13.1 Å². The lowest BCUT2D eigenvalue weighted by Gasteiger charge is -2.15. The zero-order valence-corrected chi connectivity index (χ0v) is 14.0. The number of hydrogen-bond donors (Lipinski definition) is 1. The Labute approximate surface area is 122 Å². The summed E-state index contributed by atoms with van der Waals surface area (Å²) >= 11 is 8.12. The molecule has 0 amide bonds. The van der Waals surface area contributed by atoms with Gasteiger partial charge in [0, 0.05) is 10.9 Å². The van der Waals surface area contributed by atoms with E-state index in [2.05, 4.69) is 36.6 Å². The Kier molecular flexibility index (Phi) is 4.35. The first-order chi connectivity index (χ1) is 7.90. The van der Waals surface area contributed by atoms with Crippen LogP contribution in [-0.2, 0) is 10.0 Å². The van der Waals surface area contributed by atoms with Gasteiger partial charge in [0.1, 0.15) is 4.21 Å². The van der Waals surface area contributed by atoms with Crippen LogP contribution in [-0.4, -0.2) is 19.3 Å². The molecule has 0 saturated heterocycles. The fourth-order valence-corrected chi connectivity index (χ4v) is 6.32. The maximum Gasteiger partial charge on any atom is 0.250 e. The van der Waals surface area contributed by atoms with Crippen molar-refractivity contribution in [3.05, 3.63) is 15.4 Å². The molecule has 0 bridgehead atoms. The van der Waals surface area contributed by atoms with Gasteiger partial charge in [-0.15, -0.1) is 11.3 Å². The lowest BCUT2D eigenvalue weighted by molar-refractivity contribution is 0.558. The third-order valence-electron chi connectivity index (χ3n) is 2.84. The van der Waals surface area contributed by atoms with Crippen molar-refractivity contribution in [1.82, 2.24) is 4.72 Å². The van der Waals surface area contributed by atoms with E-state index in [-0.39, 0.29) is 10.9 Å². The number of halogens is 2.